The van der Waals surface area contributed by atoms with Gasteiger partial charge in [-0.3, -0.25) is 4.79 Å². The van der Waals surface area contributed by atoms with Crippen LogP contribution >= 0.6 is 0 Å². The van der Waals surface area contributed by atoms with Gasteiger partial charge in [0.05, 0.1) is 6.61 Å². The van der Waals surface area contributed by atoms with Gasteiger partial charge in [-0.2, -0.15) is 0 Å². The third kappa shape index (κ3) is 5.70. The largest absolute Gasteiger partial charge is 0.508 e. The van der Waals surface area contributed by atoms with Gasteiger partial charge < -0.3 is 25.4 Å². The number of aliphatic hydroxyl groups is 1. The molecule has 0 saturated heterocycles. The molecule has 0 aliphatic carbocycles. The summed E-state index contributed by atoms with van der Waals surface area (Å²) < 4.78 is 5.38. The van der Waals surface area contributed by atoms with E-state index in [1.165, 1.54) is 6.07 Å². The molecular formula is C21H27NO5. The average molecular weight is 373 g/mol. The Morgan fingerprint density at radius 3 is 2.52 bits per heavy atom. The summed E-state index contributed by atoms with van der Waals surface area (Å²) in [6.45, 7) is 2.39. The van der Waals surface area contributed by atoms with Crippen molar-refractivity contribution in [3.63, 3.8) is 0 Å². The standard InChI is InChI=1S/C21H27NO5/c1-2-16-17(9-6-12-27-14-20(26)22-10-11-23)21(19(25)13-18(16)24)15-7-4-3-5-8-15/h3-5,7-8,13,23-25H,2,6,9-12,14H2,1H3,(H,22,26). The number of aromatic hydroxyl groups is 2. The van der Waals surface area contributed by atoms with Crippen LogP contribution in [-0.4, -0.2) is 47.6 Å². The molecule has 0 aliphatic heterocycles. The van der Waals surface area contributed by atoms with Gasteiger partial charge >= 0.3 is 0 Å². The lowest BCUT2D eigenvalue weighted by molar-refractivity contribution is -0.125. The third-order valence-corrected chi connectivity index (χ3v) is 4.30. The van der Waals surface area contributed by atoms with Gasteiger partial charge in [0.25, 0.3) is 0 Å². The monoisotopic (exact) mass is 373 g/mol. The minimum absolute atomic E-state index is 0.0511. The van der Waals surface area contributed by atoms with Gasteiger partial charge in [-0.15, -0.1) is 0 Å². The smallest absolute Gasteiger partial charge is 0.246 e. The van der Waals surface area contributed by atoms with Crippen molar-refractivity contribution in [3.05, 3.63) is 47.5 Å². The molecule has 0 saturated carbocycles. The van der Waals surface area contributed by atoms with Crippen molar-refractivity contribution in [2.75, 3.05) is 26.4 Å². The zero-order valence-corrected chi connectivity index (χ0v) is 15.6. The van der Waals surface area contributed by atoms with E-state index in [1.807, 2.05) is 37.3 Å². The molecule has 0 atom stereocenters. The van der Waals surface area contributed by atoms with Gasteiger partial charge in [0.1, 0.15) is 18.1 Å². The van der Waals surface area contributed by atoms with Gasteiger partial charge in [-0.05, 0) is 36.0 Å². The number of amides is 1. The van der Waals surface area contributed by atoms with Gasteiger partial charge in [0, 0.05) is 24.8 Å². The summed E-state index contributed by atoms with van der Waals surface area (Å²) in [6, 6.07) is 11.0. The summed E-state index contributed by atoms with van der Waals surface area (Å²) in [4.78, 5) is 11.5. The van der Waals surface area contributed by atoms with Crippen molar-refractivity contribution in [1.82, 2.24) is 5.32 Å². The van der Waals surface area contributed by atoms with E-state index in [0.29, 0.717) is 25.9 Å². The van der Waals surface area contributed by atoms with Gasteiger partial charge in [0.2, 0.25) is 5.91 Å². The maximum Gasteiger partial charge on any atom is 0.246 e. The maximum atomic E-state index is 11.5. The number of rotatable bonds is 10. The molecule has 0 aromatic heterocycles. The van der Waals surface area contributed by atoms with Crippen LogP contribution in [0.15, 0.2) is 36.4 Å². The molecule has 2 aromatic carbocycles. The summed E-state index contributed by atoms with van der Waals surface area (Å²) in [7, 11) is 0. The second kappa shape index (κ2) is 10.5. The molecule has 146 valence electrons. The fourth-order valence-electron chi connectivity index (χ4n) is 3.11. The van der Waals surface area contributed by atoms with Crippen LogP contribution in [-0.2, 0) is 22.4 Å². The molecule has 4 N–H and O–H groups in total. The Morgan fingerprint density at radius 1 is 1.11 bits per heavy atom. The van der Waals surface area contributed by atoms with E-state index >= 15 is 0 Å². The Morgan fingerprint density at radius 2 is 1.85 bits per heavy atom. The normalized spacial score (nSPS) is 10.7. The molecule has 2 rings (SSSR count). The number of phenolic OH excluding ortho intramolecular Hbond substituents is 2. The second-order valence-corrected chi connectivity index (χ2v) is 6.20. The SMILES string of the molecule is CCc1c(O)cc(O)c(-c2ccccc2)c1CCCOCC(=O)NCCO. The minimum atomic E-state index is -0.265. The van der Waals surface area contributed by atoms with Gasteiger partial charge in [-0.1, -0.05) is 37.3 Å². The van der Waals surface area contributed by atoms with Crippen LogP contribution < -0.4 is 5.32 Å². The van der Waals surface area contributed by atoms with E-state index in [-0.39, 0.29) is 37.2 Å². The number of nitrogens with one attached hydrogen (secondary N) is 1. The summed E-state index contributed by atoms with van der Waals surface area (Å²) in [5, 5.41) is 31.9. The molecule has 0 unspecified atom stereocenters. The first-order valence-corrected chi connectivity index (χ1v) is 9.15. The molecule has 27 heavy (non-hydrogen) atoms. The van der Waals surface area contributed by atoms with Crippen molar-refractivity contribution in [2.45, 2.75) is 26.2 Å². The van der Waals surface area contributed by atoms with Crippen LogP contribution in [0.3, 0.4) is 0 Å². The zero-order valence-electron chi connectivity index (χ0n) is 15.6. The van der Waals surface area contributed by atoms with E-state index in [2.05, 4.69) is 5.32 Å². The van der Waals surface area contributed by atoms with E-state index in [4.69, 9.17) is 9.84 Å². The number of hydrogen-bond donors (Lipinski definition) is 4. The first-order chi connectivity index (χ1) is 13.1. The van der Waals surface area contributed by atoms with Crippen LogP contribution in [0.1, 0.15) is 24.5 Å². The lowest BCUT2D eigenvalue weighted by Gasteiger charge is -2.18. The van der Waals surface area contributed by atoms with Gasteiger partial charge in [0.15, 0.2) is 0 Å². The summed E-state index contributed by atoms with van der Waals surface area (Å²) in [5.74, 6) is -0.123. The Kier molecular flexibility index (Phi) is 8.10. The quantitative estimate of drug-likeness (QED) is 0.479. The van der Waals surface area contributed by atoms with Crippen molar-refractivity contribution >= 4 is 5.91 Å². The van der Waals surface area contributed by atoms with Crippen molar-refractivity contribution in [1.29, 1.82) is 0 Å². The first-order valence-electron chi connectivity index (χ1n) is 9.15. The number of carbonyl (C=O) groups excluding carboxylic acids is 1. The second-order valence-electron chi connectivity index (χ2n) is 6.20. The van der Waals surface area contributed by atoms with Crippen molar-refractivity contribution < 1.29 is 24.9 Å². The van der Waals surface area contributed by atoms with E-state index in [0.717, 1.165) is 22.3 Å². The topological polar surface area (TPSA) is 99.0 Å². The summed E-state index contributed by atoms with van der Waals surface area (Å²) >= 11 is 0. The minimum Gasteiger partial charge on any atom is -0.508 e. The number of carbonyl (C=O) groups is 1. The Hall–Kier alpha value is -2.57. The van der Waals surface area contributed by atoms with Crippen LogP contribution in [0.5, 0.6) is 11.5 Å². The lowest BCUT2D eigenvalue weighted by Crippen LogP contribution is -2.30. The number of ether oxygens (including phenoxy) is 1. The highest BCUT2D eigenvalue weighted by molar-refractivity contribution is 5.77. The molecule has 6 nitrogen and oxygen atoms in total. The van der Waals surface area contributed by atoms with E-state index < -0.39 is 0 Å². The molecular weight excluding hydrogens is 346 g/mol. The molecule has 0 aliphatic rings. The van der Waals surface area contributed by atoms with Crippen LogP contribution in [0.2, 0.25) is 0 Å². The number of phenols is 2. The van der Waals surface area contributed by atoms with Crippen LogP contribution in [0.25, 0.3) is 11.1 Å². The zero-order chi connectivity index (χ0) is 19.6. The number of aliphatic hydroxyl groups excluding tert-OH is 1. The lowest BCUT2D eigenvalue weighted by atomic mass is 9.90. The van der Waals surface area contributed by atoms with Crippen LogP contribution in [0, 0.1) is 0 Å². The van der Waals surface area contributed by atoms with Crippen LogP contribution in [0.4, 0.5) is 0 Å². The van der Waals surface area contributed by atoms with E-state index in [9.17, 15) is 15.0 Å². The predicted octanol–water partition coefficient (Wildman–Crippen LogP) is 2.38. The average Bonchev–Trinajstić information content (AvgIpc) is 2.66. The Labute approximate surface area is 159 Å². The molecule has 0 radical (unpaired) electrons. The Bertz CT molecular complexity index is 746. The van der Waals surface area contributed by atoms with Gasteiger partial charge in [-0.25, -0.2) is 0 Å². The fraction of sp³-hybridized carbons (Fsp3) is 0.381. The molecule has 1 amide bonds. The number of hydrogen-bond acceptors (Lipinski definition) is 5. The summed E-state index contributed by atoms with van der Waals surface area (Å²) in [5.41, 5.74) is 3.33. The molecule has 0 heterocycles. The van der Waals surface area contributed by atoms with Crippen molar-refractivity contribution in [3.8, 4) is 22.6 Å². The Balaban J connectivity index is 2.10. The molecule has 2 aromatic rings. The molecule has 0 spiro atoms. The highest BCUT2D eigenvalue weighted by atomic mass is 16.5. The highest BCUT2D eigenvalue weighted by Gasteiger charge is 2.17. The first kappa shape index (κ1) is 20.7. The molecule has 0 fully saturated rings. The van der Waals surface area contributed by atoms with Crippen molar-refractivity contribution in [2.24, 2.45) is 0 Å². The predicted molar refractivity (Wildman–Crippen MR) is 104 cm³/mol. The molecule has 0 bridgehead atoms. The fourth-order valence-corrected chi connectivity index (χ4v) is 3.11. The maximum absolute atomic E-state index is 11.5. The highest BCUT2D eigenvalue weighted by Crippen LogP contribution is 2.40. The summed E-state index contributed by atoms with van der Waals surface area (Å²) in [6.07, 6.45) is 1.89. The molecule has 6 heteroatoms. The number of benzene rings is 2. The third-order valence-electron chi connectivity index (χ3n) is 4.30. The van der Waals surface area contributed by atoms with E-state index in [1.54, 1.807) is 0 Å².